The smallest absolute Gasteiger partial charge is 0.321 e. The SMILES string of the molecule is O=C(Cn1cnc2c(oc3ccccc32)c1=O)NC(=O)NC12CC3CC(CC(C3)C1)C2. The molecule has 2 heterocycles. The summed E-state index contributed by atoms with van der Waals surface area (Å²) in [5.74, 6) is 1.54. The van der Waals surface area contributed by atoms with Gasteiger partial charge in [0, 0.05) is 10.9 Å². The zero-order valence-electron chi connectivity index (χ0n) is 17.1. The molecule has 2 N–H and O–H groups in total. The Morgan fingerprint density at radius 3 is 2.48 bits per heavy atom. The van der Waals surface area contributed by atoms with E-state index in [1.54, 1.807) is 6.07 Å². The predicted octanol–water partition coefficient (Wildman–Crippen LogP) is 2.94. The van der Waals surface area contributed by atoms with Gasteiger partial charge in [-0.3, -0.25) is 19.5 Å². The molecule has 0 aliphatic heterocycles. The summed E-state index contributed by atoms with van der Waals surface area (Å²) in [7, 11) is 0. The quantitative estimate of drug-likeness (QED) is 0.678. The number of fused-ring (bicyclic) bond motifs is 3. The topological polar surface area (TPSA) is 106 Å². The molecule has 160 valence electrons. The molecule has 4 aliphatic rings. The lowest BCUT2D eigenvalue weighted by molar-refractivity contribution is -0.120. The average molecular weight is 420 g/mol. The van der Waals surface area contributed by atoms with E-state index in [1.165, 1.54) is 25.6 Å². The molecule has 4 fully saturated rings. The van der Waals surface area contributed by atoms with Crippen LogP contribution in [-0.2, 0) is 11.3 Å². The number of para-hydroxylation sites is 1. The number of hydrogen-bond donors (Lipinski definition) is 2. The van der Waals surface area contributed by atoms with Gasteiger partial charge in [0.25, 0.3) is 5.56 Å². The van der Waals surface area contributed by atoms with Crippen molar-refractivity contribution in [2.24, 2.45) is 17.8 Å². The number of nitrogens with one attached hydrogen (secondary N) is 2. The molecule has 0 unspecified atom stereocenters. The van der Waals surface area contributed by atoms with E-state index in [2.05, 4.69) is 15.6 Å². The Hall–Kier alpha value is -3.16. The van der Waals surface area contributed by atoms with Gasteiger partial charge in [0.05, 0.1) is 6.33 Å². The van der Waals surface area contributed by atoms with Crippen molar-refractivity contribution < 1.29 is 14.0 Å². The number of furan rings is 1. The Morgan fingerprint density at radius 1 is 1.10 bits per heavy atom. The van der Waals surface area contributed by atoms with E-state index in [0.717, 1.165) is 29.2 Å². The van der Waals surface area contributed by atoms with Crippen LogP contribution in [0.15, 0.2) is 39.8 Å². The number of hydrogen-bond acceptors (Lipinski definition) is 5. The molecule has 0 spiro atoms. The molecule has 2 aromatic heterocycles. The van der Waals surface area contributed by atoms with Crippen molar-refractivity contribution in [1.29, 1.82) is 0 Å². The summed E-state index contributed by atoms with van der Waals surface area (Å²) in [5, 5.41) is 6.26. The summed E-state index contributed by atoms with van der Waals surface area (Å²) in [6.45, 7) is -0.298. The number of benzene rings is 1. The minimum absolute atomic E-state index is 0.106. The van der Waals surface area contributed by atoms with Gasteiger partial charge in [-0.05, 0) is 68.4 Å². The molecule has 4 saturated carbocycles. The van der Waals surface area contributed by atoms with Crippen LogP contribution in [0.4, 0.5) is 4.79 Å². The van der Waals surface area contributed by atoms with Crippen molar-refractivity contribution in [3.05, 3.63) is 40.9 Å². The lowest BCUT2D eigenvalue weighted by Gasteiger charge is -2.56. The van der Waals surface area contributed by atoms with E-state index < -0.39 is 17.5 Å². The lowest BCUT2D eigenvalue weighted by atomic mass is 9.53. The molecular weight excluding hydrogens is 396 g/mol. The zero-order chi connectivity index (χ0) is 21.2. The highest BCUT2D eigenvalue weighted by Crippen LogP contribution is 2.55. The second-order valence-corrected chi connectivity index (χ2v) is 9.65. The van der Waals surface area contributed by atoms with Gasteiger partial charge in [0.15, 0.2) is 0 Å². The van der Waals surface area contributed by atoms with Gasteiger partial charge in [-0.2, -0.15) is 0 Å². The Balaban J connectivity index is 1.16. The molecule has 31 heavy (non-hydrogen) atoms. The second kappa shape index (κ2) is 6.67. The predicted molar refractivity (Wildman–Crippen MR) is 113 cm³/mol. The van der Waals surface area contributed by atoms with Gasteiger partial charge in [0.2, 0.25) is 11.5 Å². The monoisotopic (exact) mass is 420 g/mol. The van der Waals surface area contributed by atoms with Crippen LogP contribution in [0, 0.1) is 17.8 Å². The lowest BCUT2D eigenvalue weighted by Crippen LogP contribution is -2.62. The zero-order valence-corrected chi connectivity index (χ0v) is 17.1. The van der Waals surface area contributed by atoms with Crippen molar-refractivity contribution in [2.45, 2.75) is 50.6 Å². The van der Waals surface area contributed by atoms with Crippen LogP contribution in [0.1, 0.15) is 38.5 Å². The molecule has 3 amide bonds. The maximum atomic E-state index is 12.8. The Bertz CT molecular complexity index is 1240. The van der Waals surface area contributed by atoms with Crippen molar-refractivity contribution in [3.63, 3.8) is 0 Å². The first-order valence-corrected chi connectivity index (χ1v) is 11.0. The van der Waals surface area contributed by atoms with Crippen LogP contribution in [-0.4, -0.2) is 27.0 Å². The maximum Gasteiger partial charge on any atom is 0.321 e. The van der Waals surface area contributed by atoms with Crippen LogP contribution in [0.25, 0.3) is 22.1 Å². The van der Waals surface area contributed by atoms with Gasteiger partial charge in [-0.15, -0.1) is 0 Å². The van der Waals surface area contributed by atoms with Crippen LogP contribution in [0.5, 0.6) is 0 Å². The highest BCUT2D eigenvalue weighted by molar-refractivity contribution is 6.01. The molecule has 0 radical (unpaired) electrons. The van der Waals surface area contributed by atoms with Crippen molar-refractivity contribution in [3.8, 4) is 0 Å². The number of nitrogens with zero attached hydrogens (tertiary/aromatic N) is 2. The summed E-state index contributed by atoms with van der Waals surface area (Å²) < 4.78 is 6.80. The summed E-state index contributed by atoms with van der Waals surface area (Å²) in [4.78, 5) is 42.1. The number of carbonyl (C=O) groups excluding carboxylic acids is 2. The van der Waals surface area contributed by atoms with E-state index in [-0.39, 0.29) is 17.7 Å². The standard InChI is InChI=1S/C23H24N4O4/c28-18(25-22(30)26-23-8-13-5-14(9-23)7-15(6-13)10-23)11-27-12-24-19-16-3-1-2-4-17(16)31-20(19)21(27)29/h1-4,12-15H,5-11H2,(H2,25,26,28,30). The van der Waals surface area contributed by atoms with Crippen LogP contribution >= 0.6 is 0 Å². The summed E-state index contributed by atoms with van der Waals surface area (Å²) >= 11 is 0. The fourth-order valence-electron chi connectivity index (χ4n) is 6.58. The van der Waals surface area contributed by atoms with Crippen molar-refractivity contribution in [2.75, 3.05) is 0 Å². The highest BCUT2D eigenvalue weighted by atomic mass is 16.3. The maximum absolute atomic E-state index is 12.8. The van der Waals surface area contributed by atoms with Crippen LogP contribution in [0.3, 0.4) is 0 Å². The first-order chi connectivity index (χ1) is 15.0. The number of imide groups is 1. The third-order valence-corrected chi connectivity index (χ3v) is 7.33. The summed E-state index contributed by atoms with van der Waals surface area (Å²) in [6, 6.07) is 6.79. The number of urea groups is 1. The Morgan fingerprint density at radius 2 is 1.77 bits per heavy atom. The molecule has 0 atom stereocenters. The van der Waals surface area contributed by atoms with Gasteiger partial charge in [-0.25, -0.2) is 9.78 Å². The normalized spacial score (nSPS) is 28.8. The fourth-order valence-corrected chi connectivity index (χ4v) is 6.58. The largest absolute Gasteiger partial charge is 0.448 e. The fraction of sp³-hybridized carbons (Fsp3) is 0.478. The molecule has 1 aromatic carbocycles. The molecular formula is C23H24N4O4. The van der Waals surface area contributed by atoms with Crippen molar-refractivity contribution in [1.82, 2.24) is 20.2 Å². The van der Waals surface area contributed by atoms with E-state index in [1.807, 2.05) is 18.2 Å². The second-order valence-electron chi connectivity index (χ2n) is 9.65. The summed E-state index contributed by atoms with van der Waals surface area (Å²) in [5.41, 5.74) is 0.522. The molecule has 3 aromatic rings. The first kappa shape index (κ1) is 18.6. The third kappa shape index (κ3) is 3.12. The van der Waals surface area contributed by atoms with Crippen LogP contribution in [0.2, 0.25) is 0 Å². The average Bonchev–Trinajstić information content (AvgIpc) is 3.08. The minimum atomic E-state index is -0.554. The molecule has 4 aliphatic carbocycles. The molecule has 8 heteroatoms. The molecule has 4 bridgehead atoms. The van der Waals surface area contributed by atoms with E-state index >= 15 is 0 Å². The molecule has 7 rings (SSSR count). The van der Waals surface area contributed by atoms with Crippen LogP contribution < -0.4 is 16.2 Å². The molecule has 8 nitrogen and oxygen atoms in total. The number of amides is 3. The van der Waals surface area contributed by atoms with Gasteiger partial charge in [0.1, 0.15) is 17.6 Å². The minimum Gasteiger partial charge on any atom is -0.448 e. The molecule has 0 saturated heterocycles. The van der Waals surface area contributed by atoms with E-state index in [9.17, 15) is 14.4 Å². The van der Waals surface area contributed by atoms with Gasteiger partial charge >= 0.3 is 6.03 Å². The third-order valence-electron chi connectivity index (χ3n) is 7.33. The van der Waals surface area contributed by atoms with E-state index in [0.29, 0.717) is 28.9 Å². The Kier molecular flexibility index (Phi) is 4.00. The number of carbonyl (C=O) groups is 2. The first-order valence-electron chi connectivity index (χ1n) is 11.0. The van der Waals surface area contributed by atoms with Gasteiger partial charge in [-0.1, -0.05) is 12.1 Å². The highest BCUT2D eigenvalue weighted by Gasteiger charge is 2.51. The summed E-state index contributed by atoms with van der Waals surface area (Å²) in [6.07, 6.45) is 8.18. The van der Waals surface area contributed by atoms with Gasteiger partial charge < -0.3 is 9.73 Å². The van der Waals surface area contributed by atoms with E-state index in [4.69, 9.17) is 4.42 Å². The van der Waals surface area contributed by atoms with Crippen molar-refractivity contribution >= 4 is 34.0 Å². The number of rotatable bonds is 3. The number of aromatic nitrogens is 2. The Labute approximate surface area is 178 Å².